The Kier molecular flexibility index (Phi) is 5.02. The van der Waals surface area contributed by atoms with Crippen LogP contribution in [0.4, 0.5) is 10.1 Å². The van der Waals surface area contributed by atoms with E-state index in [1.165, 1.54) is 6.07 Å². The van der Waals surface area contributed by atoms with Gasteiger partial charge in [0.1, 0.15) is 6.10 Å². The van der Waals surface area contributed by atoms with Crippen molar-refractivity contribution in [2.45, 2.75) is 37.4 Å². The number of amides is 1. The molecule has 3 atom stereocenters. The molecule has 0 bridgehead atoms. The molecule has 1 saturated heterocycles. The Morgan fingerprint density at radius 2 is 2.10 bits per heavy atom. The van der Waals surface area contributed by atoms with Crippen LogP contribution in [0.3, 0.4) is 0 Å². The molecule has 2 heterocycles. The van der Waals surface area contributed by atoms with Crippen LogP contribution in [-0.4, -0.2) is 53.0 Å². The summed E-state index contributed by atoms with van der Waals surface area (Å²) in [5.74, 6) is -0.186. The molecular weight excluding hydrogens is 399 g/mol. The second-order valence-electron chi connectivity index (χ2n) is 8.92. The van der Waals surface area contributed by atoms with Crippen molar-refractivity contribution in [1.82, 2.24) is 4.90 Å². The van der Waals surface area contributed by atoms with Gasteiger partial charge in [-0.2, -0.15) is 0 Å². The maximum atomic E-state index is 13.9. The molecule has 7 heteroatoms. The molecular formula is C24H25FN2O4. The second kappa shape index (κ2) is 7.73. The summed E-state index contributed by atoms with van der Waals surface area (Å²) < 4.78 is 19.7. The lowest BCUT2D eigenvalue weighted by Crippen LogP contribution is -2.37. The van der Waals surface area contributed by atoms with Gasteiger partial charge in [0.2, 0.25) is 5.91 Å². The fourth-order valence-corrected chi connectivity index (χ4v) is 5.16. The van der Waals surface area contributed by atoms with Gasteiger partial charge >= 0.3 is 0 Å². The van der Waals surface area contributed by atoms with Crippen LogP contribution in [0.25, 0.3) is 0 Å². The first kappa shape index (κ1) is 20.2. The molecule has 0 aromatic heterocycles. The smallest absolute Gasteiger partial charge is 0.224 e. The van der Waals surface area contributed by atoms with Crippen molar-refractivity contribution in [3.63, 3.8) is 0 Å². The minimum absolute atomic E-state index is 0.000661. The third kappa shape index (κ3) is 3.95. The first-order valence-electron chi connectivity index (χ1n) is 10.7. The number of nitrogens with zero attached hydrogens (tertiary/aromatic N) is 1. The summed E-state index contributed by atoms with van der Waals surface area (Å²) in [7, 11) is 0. The number of nitrogens with one attached hydrogen (secondary N) is 1. The number of benzene rings is 2. The molecule has 162 valence electrons. The van der Waals surface area contributed by atoms with E-state index in [0.29, 0.717) is 44.3 Å². The molecule has 2 N–H and O–H groups in total. The molecule has 0 spiro atoms. The minimum atomic E-state index is -0.920. The first-order valence-corrected chi connectivity index (χ1v) is 10.7. The predicted octanol–water partition coefficient (Wildman–Crippen LogP) is 2.80. The van der Waals surface area contributed by atoms with E-state index in [2.05, 4.69) is 5.32 Å². The Morgan fingerprint density at radius 1 is 1.26 bits per heavy atom. The van der Waals surface area contributed by atoms with Crippen molar-refractivity contribution < 1.29 is 23.8 Å². The van der Waals surface area contributed by atoms with Crippen molar-refractivity contribution in [3.8, 4) is 5.75 Å². The number of likely N-dealkylation sites (tertiary alicyclic amines) is 1. The molecule has 2 aliphatic heterocycles. The zero-order valence-electron chi connectivity index (χ0n) is 17.1. The van der Waals surface area contributed by atoms with Gasteiger partial charge in [-0.3, -0.25) is 14.5 Å². The quantitative estimate of drug-likeness (QED) is 0.722. The van der Waals surface area contributed by atoms with E-state index in [9.17, 15) is 19.1 Å². The number of Topliss-reactive ketones (excluding diaryl/α,β-unsaturated/α-hetero) is 1. The van der Waals surface area contributed by atoms with E-state index in [0.717, 1.165) is 11.3 Å². The van der Waals surface area contributed by atoms with Gasteiger partial charge in [-0.1, -0.05) is 12.1 Å². The van der Waals surface area contributed by atoms with Gasteiger partial charge in [-0.25, -0.2) is 4.39 Å². The second-order valence-corrected chi connectivity index (χ2v) is 8.92. The lowest BCUT2D eigenvalue weighted by molar-refractivity contribution is -0.116. The number of aliphatic hydroxyl groups is 1. The van der Waals surface area contributed by atoms with Crippen LogP contribution in [0.15, 0.2) is 42.5 Å². The number of carbonyl (C=O) groups excluding carboxylic acids is 2. The van der Waals surface area contributed by atoms with Crippen LogP contribution in [0.2, 0.25) is 0 Å². The molecule has 2 aromatic rings. The minimum Gasteiger partial charge on any atom is -0.487 e. The Morgan fingerprint density at radius 3 is 2.90 bits per heavy atom. The van der Waals surface area contributed by atoms with Crippen molar-refractivity contribution in [3.05, 3.63) is 59.4 Å². The highest BCUT2D eigenvalue weighted by molar-refractivity contribution is 6.00. The van der Waals surface area contributed by atoms with Crippen LogP contribution >= 0.6 is 0 Å². The molecule has 31 heavy (non-hydrogen) atoms. The average Bonchev–Trinajstić information content (AvgIpc) is 3.19. The maximum Gasteiger partial charge on any atom is 0.224 e. The Balaban J connectivity index is 1.20. The van der Waals surface area contributed by atoms with E-state index in [1.54, 1.807) is 30.3 Å². The molecule has 0 radical (unpaired) electrons. The van der Waals surface area contributed by atoms with Crippen LogP contribution in [-0.2, 0) is 11.2 Å². The molecule has 2 fully saturated rings. The highest BCUT2D eigenvalue weighted by Crippen LogP contribution is 2.43. The topological polar surface area (TPSA) is 78.9 Å². The summed E-state index contributed by atoms with van der Waals surface area (Å²) in [5.41, 5.74) is 1.46. The maximum absolute atomic E-state index is 13.9. The van der Waals surface area contributed by atoms with Gasteiger partial charge in [0.25, 0.3) is 0 Å². The van der Waals surface area contributed by atoms with E-state index in [4.69, 9.17) is 4.74 Å². The summed E-state index contributed by atoms with van der Waals surface area (Å²) in [4.78, 5) is 26.3. The third-order valence-electron chi connectivity index (χ3n) is 6.68. The van der Waals surface area contributed by atoms with Gasteiger partial charge in [0.15, 0.2) is 17.3 Å². The van der Waals surface area contributed by atoms with Crippen LogP contribution in [0.1, 0.15) is 35.2 Å². The number of halogens is 1. The highest BCUT2D eigenvalue weighted by Gasteiger charge is 2.53. The van der Waals surface area contributed by atoms with Crippen molar-refractivity contribution >= 4 is 17.4 Å². The Hall–Kier alpha value is -2.77. The number of ether oxygens (including phenoxy) is 1. The van der Waals surface area contributed by atoms with Crippen molar-refractivity contribution in [2.24, 2.45) is 5.92 Å². The fraction of sp³-hybridized carbons (Fsp3) is 0.417. The third-order valence-corrected chi connectivity index (χ3v) is 6.68. The lowest BCUT2D eigenvalue weighted by atomic mass is 9.95. The van der Waals surface area contributed by atoms with Gasteiger partial charge in [0.05, 0.1) is 12.1 Å². The number of β-amino-alcohol motifs (C(OH)–C–C–N with tert-alkyl or cyclic N) is 1. The highest BCUT2D eigenvalue weighted by atomic mass is 19.1. The van der Waals surface area contributed by atoms with Crippen LogP contribution in [0, 0.1) is 11.7 Å². The number of carbonyl (C=O) groups is 2. The number of anilines is 1. The number of aryl methyl sites for hydroxylation is 1. The first-order chi connectivity index (χ1) is 14.9. The van der Waals surface area contributed by atoms with Crippen LogP contribution < -0.4 is 10.1 Å². The molecule has 2 aromatic carbocycles. The number of para-hydroxylation sites is 1. The van der Waals surface area contributed by atoms with Crippen molar-refractivity contribution in [1.29, 1.82) is 0 Å². The Labute approximate surface area is 180 Å². The Bertz CT molecular complexity index is 1040. The lowest BCUT2D eigenvalue weighted by Gasteiger charge is -2.23. The normalized spacial score (nSPS) is 27.5. The zero-order chi connectivity index (χ0) is 21.6. The van der Waals surface area contributed by atoms with Crippen LogP contribution in [0.5, 0.6) is 5.75 Å². The van der Waals surface area contributed by atoms with Gasteiger partial charge in [-0.15, -0.1) is 0 Å². The number of hydrogen-bond acceptors (Lipinski definition) is 5. The van der Waals surface area contributed by atoms with Gasteiger partial charge in [0, 0.05) is 43.1 Å². The van der Waals surface area contributed by atoms with E-state index in [1.807, 2.05) is 11.0 Å². The molecule has 1 saturated carbocycles. The number of ketones is 1. The average molecular weight is 424 g/mol. The summed E-state index contributed by atoms with van der Waals surface area (Å²) in [6, 6.07) is 11.7. The zero-order valence-corrected chi connectivity index (χ0v) is 17.1. The summed E-state index contributed by atoms with van der Waals surface area (Å²) >= 11 is 0. The summed E-state index contributed by atoms with van der Waals surface area (Å²) in [5, 5.41) is 13.9. The number of rotatable bonds is 5. The SMILES string of the molecule is O=C1CCc2cc(C(=O)CN3C[C@@H]4C[C@@H](Oc5ccccc5F)C[C@]4(O)C3)ccc2N1. The molecule has 3 aliphatic rings. The van der Waals surface area contributed by atoms with Gasteiger partial charge in [-0.05, 0) is 48.7 Å². The van der Waals surface area contributed by atoms with Crippen molar-refractivity contribution in [2.75, 3.05) is 25.0 Å². The number of hydrogen-bond donors (Lipinski definition) is 2. The van der Waals surface area contributed by atoms with E-state index >= 15 is 0 Å². The summed E-state index contributed by atoms with van der Waals surface area (Å²) in [6.45, 7) is 1.25. The monoisotopic (exact) mass is 424 g/mol. The van der Waals surface area contributed by atoms with E-state index in [-0.39, 0.29) is 36.0 Å². The molecule has 5 rings (SSSR count). The molecule has 1 aliphatic carbocycles. The number of fused-ring (bicyclic) bond motifs is 2. The largest absolute Gasteiger partial charge is 0.487 e. The molecule has 0 unspecified atom stereocenters. The summed E-state index contributed by atoms with van der Waals surface area (Å²) in [6.07, 6.45) is 1.89. The molecule has 1 amide bonds. The fourth-order valence-electron chi connectivity index (χ4n) is 5.16. The van der Waals surface area contributed by atoms with Gasteiger partial charge < -0.3 is 15.2 Å². The predicted molar refractivity (Wildman–Crippen MR) is 113 cm³/mol. The van der Waals surface area contributed by atoms with E-state index < -0.39 is 11.4 Å². The standard InChI is InChI=1S/C24H25FN2O4/c25-19-3-1-2-4-22(19)31-18-10-17-12-27(14-24(17,30)11-18)13-21(28)16-5-7-20-15(9-16)6-8-23(29)26-20/h1-5,7,9,17-18,30H,6,8,10-14H2,(H,26,29)/t17-,18+,24-/m0/s1. The molecule has 6 nitrogen and oxygen atoms in total.